The molecule has 0 spiro atoms. The van der Waals surface area contributed by atoms with Crippen molar-refractivity contribution in [1.82, 2.24) is 5.32 Å². The second kappa shape index (κ2) is 7.81. The quantitative estimate of drug-likeness (QED) is 0.703. The Morgan fingerprint density at radius 2 is 1.95 bits per heavy atom. The Morgan fingerprint density at radius 3 is 2.67 bits per heavy atom. The molecular formula is C18H29NO2. The van der Waals surface area contributed by atoms with Crippen molar-refractivity contribution < 1.29 is 9.47 Å². The minimum atomic E-state index is 0.131. The summed E-state index contributed by atoms with van der Waals surface area (Å²) >= 11 is 0. The van der Waals surface area contributed by atoms with Gasteiger partial charge in [0, 0.05) is 18.7 Å². The van der Waals surface area contributed by atoms with Crippen LogP contribution in [-0.2, 0) is 11.3 Å². The summed E-state index contributed by atoms with van der Waals surface area (Å²) < 4.78 is 11.3. The van der Waals surface area contributed by atoms with Crippen LogP contribution in [0.25, 0.3) is 0 Å². The van der Waals surface area contributed by atoms with Gasteiger partial charge in [-0.2, -0.15) is 0 Å². The summed E-state index contributed by atoms with van der Waals surface area (Å²) in [5.74, 6) is 1.87. The van der Waals surface area contributed by atoms with Gasteiger partial charge in [0.05, 0.1) is 6.61 Å². The number of ether oxygens (including phenoxy) is 2. The summed E-state index contributed by atoms with van der Waals surface area (Å²) in [7, 11) is 0. The lowest BCUT2D eigenvalue weighted by Crippen LogP contribution is -2.35. The molecule has 0 amide bonds. The predicted octanol–water partition coefficient (Wildman–Crippen LogP) is 3.77. The summed E-state index contributed by atoms with van der Waals surface area (Å²) in [6.07, 6.45) is 4.01. The smallest absolute Gasteiger partial charge is 0.119 e. The van der Waals surface area contributed by atoms with Crippen LogP contribution in [-0.4, -0.2) is 25.4 Å². The fourth-order valence-corrected chi connectivity index (χ4v) is 2.09. The molecule has 0 aliphatic heterocycles. The van der Waals surface area contributed by atoms with Crippen molar-refractivity contribution in [2.24, 2.45) is 5.92 Å². The van der Waals surface area contributed by atoms with Crippen LogP contribution in [0.15, 0.2) is 24.3 Å². The highest BCUT2D eigenvalue weighted by Crippen LogP contribution is 2.32. The Morgan fingerprint density at radius 1 is 1.14 bits per heavy atom. The average molecular weight is 291 g/mol. The molecule has 118 valence electrons. The van der Waals surface area contributed by atoms with Crippen LogP contribution in [0.3, 0.4) is 0 Å². The van der Waals surface area contributed by atoms with E-state index >= 15 is 0 Å². The molecule has 0 saturated heterocycles. The molecule has 1 fully saturated rings. The predicted molar refractivity (Wildman–Crippen MR) is 86.7 cm³/mol. The van der Waals surface area contributed by atoms with Gasteiger partial charge in [-0.1, -0.05) is 25.0 Å². The van der Waals surface area contributed by atoms with Crippen molar-refractivity contribution in [3.05, 3.63) is 29.8 Å². The molecule has 21 heavy (non-hydrogen) atoms. The lowest BCUT2D eigenvalue weighted by molar-refractivity contribution is 0.0958. The molecule has 1 aromatic carbocycles. The van der Waals surface area contributed by atoms with E-state index in [1.807, 2.05) is 12.1 Å². The molecule has 0 unspecified atom stereocenters. The number of benzene rings is 1. The topological polar surface area (TPSA) is 30.5 Å². The summed E-state index contributed by atoms with van der Waals surface area (Å²) in [5.41, 5.74) is 1.38. The molecule has 1 aliphatic rings. The highest BCUT2D eigenvalue weighted by molar-refractivity contribution is 5.28. The molecule has 2 rings (SSSR count). The Balaban J connectivity index is 1.63. The Bertz CT molecular complexity index is 421. The zero-order chi connectivity index (χ0) is 15.1. The van der Waals surface area contributed by atoms with Gasteiger partial charge in [0.2, 0.25) is 0 Å². The molecular weight excluding hydrogens is 262 g/mol. The third kappa shape index (κ3) is 7.49. The normalized spacial score (nSPS) is 15.2. The second-order valence-corrected chi connectivity index (χ2v) is 6.94. The van der Waals surface area contributed by atoms with E-state index in [4.69, 9.17) is 9.47 Å². The van der Waals surface area contributed by atoms with Crippen molar-refractivity contribution >= 4 is 0 Å². The molecule has 3 heteroatoms. The highest BCUT2D eigenvalue weighted by atomic mass is 16.5. The maximum Gasteiger partial charge on any atom is 0.119 e. The summed E-state index contributed by atoms with van der Waals surface area (Å²) in [6, 6.07) is 8.27. The van der Waals surface area contributed by atoms with Gasteiger partial charge in [-0.25, -0.2) is 0 Å². The van der Waals surface area contributed by atoms with E-state index in [1.165, 1.54) is 24.8 Å². The van der Waals surface area contributed by atoms with E-state index in [0.29, 0.717) is 13.2 Å². The van der Waals surface area contributed by atoms with Gasteiger partial charge in [0.25, 0.3) is 0 Å². The zero-order valence-corrected chi connectivity index (χ0v) is 13.7. The third-order valence-corrected chi connectivity index (χ3v) is 3.59. The van der Waals surface area contributed by atoms with Crippen LogP contribution in [0.5, 0.6) is 5.75 Å². The van der Waals surface area contributed by atoms with E-state index in [0.717, 1.165) is 24.8 Å². The van der Waals surface area contributed by atoms with Crippen molar-refractivity contribution in [3.8, 4) is 5.75 Å². The first kappa shape index (κ1) is 16.3. The lowest BCUT2D eigenvalue weighted by atomic mass is 10.1. The molecule has 0 aromatic heterocycles. The number of nitrogens with one attached hydrogen (secondary N) is 1. The average Bonchev–Trinajstić information content (AvgIpc) is 3.24. The van der Waals surface area contributed by atoms with Crippen molar-refractivity contribution in [2.75, 3.05) is 19.8 Å². The number of hydrogen-bond acceptors (Lipinski definition) is 3. The zero-order valence-electron chi connectivity index (χ0n) is 13.7. The van der Waals surface area contributed by atoms with Gasteiger partial charge in [-0.3, -0.25) is 0 Å². The monoisotopic (exact) mass is 291 g/mol. The minimum Gasteiger partial charge on any atom is -0.491 e. The van der Waals surface area contributed by atoms with E-state index in [2.05, 4.69) is 38.2 Å². The first-order chi connectivity index (χ1) is 10.0. The lowest BCUT2D eigenvalue weighted by Gasteiger charge is -2.20. The molecule has 0 heterocycles. The highest BCUT2D eigenvalue weighted by Gasteiger charge is 2.20. The third-order valence-electron chi connectivity index (χ3n) is 3.59. The van der Waals surface area contributed by atoms with E-state index in [9.17, 15) is 0 Å². The fourth-order valence-electron chi connectivity index (χ4n) is 2.09. The van der Waals surface area contributed by atoms with Gasteiger partial charge < -0.3 is 14.8 Å². The largest absolute Gasteiger partial charge is 0.491 e. The standard InChI is InChI=1S/C18H29NO2/c1-18(2,3)19-14-16-5-4-6-17(13-16)21-12-11-20-10-9-15-7-8-15/h4-6,13,15,19H,7-12,14H2,1-3H3. The number of hydrogen-bond donors (Lipinski definition) is 1. The molecule has 0 bridgehead atoms. The fraction of sp³-hybridized carbons (Fsp3) is 0.667. The van der Waals surface area contributed by atoms with E-state index < -0.39 is 0 Å². The molecule has 1 aromatic rings. The first-order valence-electron chi connectivity index (χ1n) is 8.07. The summed E-state index contributed by atoms with van der Waals surface area (Å²) in [5, 5.41) is 3.49. The molecule has 1 N–H and O–H groups in total. The Kier molecular flexibility index (Phi) is 6.07. The van der Waals surface area contributed by atoms with Crippen LogP contribution in [0.4, 0.5) is 0 Å². The molecule has 3 nitrogen and oxygen atoms in total. The van der Waals surface area contributed by atoms with Gasteiger partial charge in [0.15, 0.2) is 0 Å². The van der Waals surface area contributed by atoms with Crippen LogP contribution in [0.2, 0.25) is 0 Å². The molecule has 1 saturated carbocycles. The maximum absolute atomic E-state index is 5.75. The Labute approximate surface area is 129 Å². The van der Waals surface area contributed by atoms with Crippen LogP contribution < -0.4 is 10.1 Å². The van der Waals surface area contributed by atoms with Gasteiger partial charge in [-0.05, 0) is 50.8 Å². The van der Waals surface area contributed by atoms with Gasteiger partial charge in [-0.15, -0.1) is 0 Å². The van der Waals surface area contributed by atoms with E-state index in [1.54, 1.807) is 0 Å². The minimum absolute atomic E-state index is 0.131. The molecule has 1 aliphatic carbocycles. The van der Waals surface area contributed by atoms with E-state index in [-0.39, 0.29) is 5.54 Å². The number of rotatable bonds is 9. The van der Waals surface area contributed by atoms with Crippen LogP contribution in [0, 0.1) is 5.92 Å². The van der Waals surface area contributed by atoms with Crippen molar-refractivity contribution in [2.45, 2.75) is 52.1 Å². The van der Waals surface area contributed by atoms with Gasteiger partial charge in [0.1, 0.15) is 12.4 Å². The van der Waals surface area contributed by atoms with Crippen molar-refractivity contribution in [1.29, 1.82) is 0 Å². The SMILES string of the molecule is CC(C)(C)NCc1cccc(OCCOCCC2CC2)c1. The van der Waals surface area contributed by atoms with Crippen LogP contribution >= 0.6 is 0 Å². The summed E-state index contributed by atoms with van der Waals surface area (Å²) in [6.45, 7) is 9.56. The molecule has 0 radical (unpaired) electrons. The van der Waals surface area contributed by atoms with Gasteiger partial charge >= 0.3 is 0 Å². The Hall–Kier alpha value is -1.06. The summed E-state index contributed by atoms with van der Waals surface area (Å²) in [4.78, 5) is 0. The first-order valence-corrected chi connectivity index (χ1v) is 8.07. The molecule has 0 atom stereocenters. The second-order valence-electron chi connectivity index (χ2n) is 6.94. The maximum atomic E-state index is 5.75. The van der Waals surface area contributed by atoms with Crippen molar-refractivity contribution in [3.63, 3.8) is 0 Å². The van der Waals surface area contributed by atoms with Crippen LogP contribution in [0.1, 0.15) is 45.6 Å².